The van der Waals surface area contributed by atoms with Crippen LogP contribution in [0.25, 0.3) is 22.0 Å². The number of nitrogens with zero attached hydrogens (tertiary/aromatic N) is 1. The third-order valence-electron chi connectivity index (χ3n) is 2.63. The molecule has 0 spiro atoms. The second-order valence-electron chi connectivity index (χ2n) is 3.74. The van der Waals surface area contributed by atoms with Crippen LogP contribution in [-0.4, -0.2) is 4.98 Å². The van der Waals surface area contributed by atoms with Crippen LogP contribution in [0.4, 0.5) is 5.13 Å². The van der Waals surface area contributed by atoms with Crippen LogP contribution in [0.1, 0.15) is 0 Å². The van der Waals surface area contributed by atoms with E-state index in [1.54, 1.807) is 0 Å². The van der Waals surface area contributed by atoms with E-state index in [1.165, 1.54) is 22.1 Å². The SMILES string of the molecule is Nc1nc(-c2ccc3ccccc3c2)c(Cl)s1. The third-order valence-corrected chi connectivity index (χ3v) is 3.71. The van der Waals surface area contributed by atoms with Crippen molar-refractivity contribution in [3.8, 4) is 11.3 Å². The van der Waals surface area contributed by atoms with Gasteiger partial charge in [0.2, 0.25) is 0 Å². The largest absolute Gasteiger partial charge is 0.375 e. The van der Waals surface area contributed by atoms with Crippen LogP contribution in [0.5, 0.6) is 0 Å². The van der Waals surface area contributed by atoms with Gasteiger partial charge in [-0.25, -0.2) is 4.98 Å². The Morgan fingerprint density at radius 1 is 1.06 bits per heavy atom. The van der Waals surface area contributed by atoms with Crippen LogP contribution < -0.4 is 5.73 Å². The van der Waals surface area contributed by atoms with Crippen molar-refractivity contribution in [1.82, 2.24) is 4.98 Å². The Balaban J connectivity index is 2.21. The molecule has 4 heteroatoms. The highest BCUT2D eigenvalue weighted by molar-refractivity contribution is 7.19. The minimum atomic E-state index is 0.498. The van der Waals surface area contributed by atoms with E-state index >= 15 is 0 Å². The minimum Gasteiger partial charge on any atom is -0.375 e. The number of hydrogen-bond donors (Lipinski definition) is 1. The number of thiazole rings is 1. The van der Waals surface area contributed by atoms with Gasteiger partial charge in [-0.3, -0.25) is 0 Å². The molecular weight excluding hydrogens is 252 g/mol. The van der Waals surface area contributed by atoms with Crippen molar-refractivity contribution in [1.29, 1.82) is 0 Å². The van der Waals surface area contributed by atoms with Gasteiger partial charge in [-0.05, 0) is 16.8 Å². The molecule has 0 radical (unpaired) electrons. The summed E-state index contributed by atoms with van der Waals surface area (Å²) in [5, 5.41) is 2.88. The molecule has 0 aliphatic carbocycles. The van der Waals surface area contributed by atoms with Crippen molar-refractivity contribution in [2.45, 2.75) is 0 Å². The molecule has 0 fully saturated rings. The van der Waals surface area contributed by atoms with Crippen LogP contribution in [0, 0.1) is 0 Å². The Morgan fingerprint density at radius 3 is 2.53 bits per heavy atom. The quantitative estimate of drug-likeness (QED) is 0.712. The Morgan fingerprint density at radius 2 is 1.82 bits per heavy atom. The fourth-order valence-electron chi connectivity index (χ4n) is 1.83. The van der Waals surface area contributed by atoms with Gasteiger partial charge in [-0.2, -0.15) is 0 Å². The predicted molar refractivity (Wildman–Crippen MR) is 74.5 cm³/mol. The first-order valence-corrected chi connectivity index (χ1v) is 6.34. The summed E-state index contributed by atoms with van der Waals surface area (Å²) in [6, 6.07) is 14.4. The lowest BCUT2D eigenvalue weighted by atomic mass is 10.1. The van der Waals surface area contributed by atoms with E-state index in [9.17, 15) is 0 Å². The van der Waals surface area contributed by atoms with Crippen LogP contribution in [-0.2, 0) is 0 Å². The molecule has 3 rings (SSSR count). The smallest absolute Gasteiger partial charge is 0.182 e. The summed E-state index contributed by atoms with van der Waals surface area (Å²) in [6.45, 7) is 0. The fourth-order valence-corrected chi connectivity index (χ4v) is 2.80. The summed E-state index contributed by atoms with van der Waals surface area (Å²) in [4.78, 5) is 4.25. The average molecular weight is 261 g/mol. The summed E-state index contributed by atoms with van der Waals surface area (Å²) in [5.74, 6) is 0. The summed E-state index contributed by atoms with van der Waals surface area (Å²) >= 11 is 7.41. The van der Waals surface area contributed by atoms with Gasteiger partial charge < -0.3 is 5.73 Å². The first-order chi connectivity index (χ1) is 8.24. The highest BCUT2D eigenvalue weighted by Gasteiger charge is 2.09. The van der Waals surface area contributed by atoms with Gasteiger partial charge in [0.25, 0.3) is 0 Å². The van der Waals surface area contributed by atoms with Crippen molar-refractivity contribution < 1.29 is 0 Å². The highest BCUT2D eigenvalue weighted by atomic mass is 35.5. The standard InChI is InChI=1S/C13H9ClN2S/c14-12-11(16-13(15)17-12)10-6-5-8-3-1-2-4-9(8)7-10/h1-7H,(H2,15,16). The normalized spacial score (nSPS) is 10.9. The van der Waals surface area contributed by atoms with Gasteiger partial charge >= 0.3 is 0 Å². The van der Waals surface area contributed by atoms with E-state index in [1.807, 2.05) is 18.2 Å². The van der Waals surface area contributed by atoms with E-state index in [-0.39, 0.29) is 0 Å². The summed E-state index contributed by atoms with van der Waals surface area (Å²) in [5.41, 5.74) is 7.42. The Hall–Kier alpha value is -1.58. The molecular formula is C13H9ClN2S. The number of benzene rings is 2. The number of nitrogen functional groups attached to an aromatic ring is 1. The molecule has 0 bridgehead atoms. The monoisotopic (exact) mass is 260 g/mol. The van der Waals surface area contributed by atoms with E-state index in [4.69, 9.17) is 17.3 Å². The Labute approximate surface area is 108 Å². The molecule has 17 heavy (non-hydrogen) atoms. The fraction of sp³-hybridized carbons (Fsp3) is 0. The molecule has 0 amide bonds. The maximum Gasteiger partial charge on any atom is 0.182 e. The van der Waals surface area contributed by atoms with Gasteiger partial charge in [0.05, 0.1) is 0 Å². The van der Waals surface area contributed by atoms with Crippen molar-refractivity contribution in [3.63, 3.8) is 0 Å². The zero-order valence-electron chi connectivity index (χ0n) is 8.85. The minimum absolute atomic E-state index is 0.498. The lowest BCUT2D eigenvalue weighted by Gasteiger charge is -2.01. The van der Waals surface area contributed by atoms with Gasteiger partial charge in [0, 0.05) is 5.56 Å². The lowest BCUT2D eigenvalue weighted by molar-refractivity contribution is 1.42. The second-order valence-corrected chi connectivity index (χ2v) is 5.37. The third kappa shape index (κ3) is 1.88. The van der Waals surface area contributed by atoms with Crippen molar-refractivity contribution in [3.05, 3.63) is 46.8 Å². The van der Waals surface area contributed by atoms with Crippen molar-refractivity contribution >= 4 is 38.8 Å². The van der Waals surface area contributed by atoms with Crippen LogP contribution in [0.3, 0.4) is 0 Å². The molecule has 3 aromatic rings. The molecule has 0 aliphatic rings. The molecule has 0 saturated carbocycles. The summed E-state index contributed by atoms with van der Waals surface area (Å²) in [6.07, 6.45) is 0. The maximum atomic E-state index is 6.11. The molecule has 2 nitrogen and oxygen atoms in total. The first kappa shape index (κ1) is 10.6. The predicted octanol–water partition coefficient (Wildman–Crippen LogP) is 4.20. The van der Waals surface area contributed by atoms with Gasteiger partial charge in [0.1, 0.15) is 10.0 Å². The second kappa shape index (κ2) is 4.02. The molecule has 0 unspecified atom stereocenters. The average Bonchev–Trinajstić information content (AvgIpc) is 2.68. The van der Waals surface area contributed by atoms with Crippen molar-refractivity contribution in [2.24, 2.45) is 0 Å². The molecule has 1 heterocycles. The van der Waals surface area contributed by atoms with Crippen LogP contribution in [0.2, 0.25) is 4.34 Å². The molecule has 0 atom stereocenters. The number of fused-ring (bicyclic) bond motifs is 1. The summed E-state index contributed by atoms with van der Waals surface area (Å²) in [7, 11) is 0. The molecule has 2 aromatic carbocycles. The lowest BCUT2D eigenvalue weighted by Crippen LogP contribution is -1.83. The number of nitrogens with two attached hydrogens (primary N) is 1. The van der Waals surface area contributed by atoms with E-state index < -0.39 is 0 Å². The highest BCUT2D eigenvalue weighted by Crippen LogP contribution is 2.34. The molecule has 0 saturated heterocycles. The molecule has 1 aromatic heterocycles. The Kier molecular flexibility index (Phi) is 2.50. The van der Waals surface area contributed by atoms with E-state index in [2.05, 4.69) is 29.2 Å². The number of anilines is 1. The Bertz CT molecular complexity index is 691. The van der Waals surface area contributed by atoms with Gasteiger partial charge in [-0.15, -0.1) is 0 Å². The first-order valence-electron chi connectivity index (χ1n) is 5.15. The van der Waals surface area contributed by atoms with E-state index in [0.717, 1.165) is 11.3 Å². The van der Waals surface area contributed by atoms with Gasteiger partial charge in [0.15, 0.2) is 5.13 Å². The maximum absolute atomic E-state index is 6.11. The van der Waals surface area contributed by atoms with Crippen molar-refractivity contribution in [2.75, 3.05) is 5.73 Å². The van der Waals surface area contributed by atoms with Crippen LogP contribution in [0.15, 0.2) is 42.5 Å². The molecule has 0 aliphatic heterocycles. The topological polar surface area (TPSA) is 38.9 Å². The van der Waals surface area contributed by atoms with Crippen LogP contribution >= 0.6 is 22.9 Å². The van der Waals surface area contributed by atoms with E-state index in [0.29, 0.717) is 9.47 Å². The van der Waals surface area contributed by atoms with Gasteiger partial charge in [-0.1, -0.05) is 59.3 Å². The number of rotatable bonds is 1. The molecule has 84 valence electrons. The zero-order valence-corrected chi connectivity index (χ0v) is 10.4. The number of hydrogen-bond acceptors (Lipinski definition) is 3. The molecule has 2 N–H and O–H groups in total. The number of halogens is 1. The summed E-state index contributed by atoms with van der Waals surface area (Å²) < 4.78 is 0.637. The number of aromatic nitrogens is 1. The zero-order chi connectivity index (χ0) is 11.8.